The van der Waals surface area contributed by atoms with Crippen LogP contribution in [0, 0.1) is 6.92 Å². The molecule has 1 atom stereocenters. The number of H-pyrrole nitrogens is 2. The Morgan fingerprint density at radius 3 is 2.38 bits per heavy atom. The number of rotatable bonds is 15. The molecular formula is C21H35N3O4S. The molecule has 4 N–H and O–H groups in total. The van der Waals surface area contributed by atoms with E-state index in [2.05, 4.69) is 22.2 Å². The van der Waals surface area contributed by atoms with Gasteiger partial charge in [0.2, 0.25) is 5.91 Å². The average Bonchev–Trinajstić information content (AvgIpc) is 2.67. The topological polar surface area (TPSA) is 115 Å². The Hall–Kier alpha value is -1.80. The number of aliphatic hydroxyl groups is 1. The van der Waals surface area contributed by atoms with Crippen LogP contribution in [-0.2, 0) is 4.79 Å². The van der Waals surface area contributed by atoms with E-state index >= 15 is 0 Å². The van der Waals surface area contributed by atoms with Crippen LogP contribution in [0.5, 0.6) is 0 Å². The Bertz CT molecular complexity index is 742. The molecule has 7 nitrogen and oxygen atoms in total. The van der Waals surface area contributed by atoms with Gasteiger partial charge in [0, 0.05) is 17.5 Å². The van der Waals surface area contributed by atoms with Crippen molar-refractivity contribution in [2.24, 2.45) is 0 Å². The summed E-state index contributed by atoms with van der Waals surface area (Å²) in [6, 6.07) is -0.332. The van der Waals surface area contributed by atoms with Crippen LogP contribution in [0.3, 0.4) is 0 Å². The highest BCUT2D eigenvalue weighted by Gasteiger charge is 2.10. The predicted molar refractivity (Wildman–Crippen MR) is 120 cm³/mol. The monoisotopic (exact) mass is 425 g/mol. The molecule has 0 fully saturated rings. The van der Waals surface area contributed by atoms with Gasteiger partial charge >= 0.3 is 5.69 Å². The summed E-state index contributed by atoms with van der Waals surface area (Å²) in [4.78, 5) is 39.6. The zero-order chi connectivity index (χ0) is 21.5. The third-order valence-corrected chi connectivity index (χ3v) is 5.82. The molecule has 0 saturated heterocycles. The highest BCUT2D eigenvalue weighted by atomic mass is 32.2. The molecule has 0 aliphatic rings. The first-order chi connectivity index (χ1) is 14.0. The van der Waals surface area contributed by atoms with Gasteiger partial charge in [-0.2, -0.15) is 11.8 Å². The first-order valence-electron chi connectivity index (χ1n) is 10.5. The van der Waals surface area contributed by atoms with Gasteiger partial charge in [0.1, 0.15) is 0 Å². The minimum atomic E-state index is -0.581. The minimum Gasteiger partial charge on any atom is -0.394 e. The molecule has 0 spiro atoms. The molecule has 1 amide bonds. The van der Waals surface area contributed by atoms with E-state index in [1.165, 1.54) is 57.1 Å². The summed E-state index contributed by atoms with van der Waals surface area (Å²) >= 11 is 1.73. The van der Waals surface area contributed by atoms with Crippen LogP contribution in [0.1, 0.15) is 69.5 Å². The fourth-order valence-electron chi connectivity index (χ4n) is 2.92. The van der Waals surface area contributed by atoms with Crippen LogP contribution in [0.4, 0.5) is 0 Å². The first-order valence-corrected chi connectivity index (χ1v) is 11.6. The molecular weight excluding hydrogens is 390 g/mol. The molecule has 1 aromatic rings. The van der Waals surface area contributed by atoms with Crippen molar-refractivity contribution < 1.29 is 9.90 Å². The molecule has 0 aliphatic heterocycles. The molecule has 0 radical (unpaired) electrons. The number of nitrogens with one attached hydrogen (secondary N) is 3. The number of unbranched alkanes of at least 4 members (excludes halogenated alkanes) is 7. The Kier molecular flexibility index (Phi) is 13.1. The number of aromatic nitrogens is 2. The van der Waals surface area contributed by atoms with Crippen molar-refractivity contribution in [2.75, 3.05) is 18.1 Å². The maximum atomic E-state index is 12.1. The summed E-state index contributed by atoms with van der Waals surface area (Å²) in [5.74, 6) is 1.27. The average molecular weight is 426 g/mol. The summed E-state index contributed by atoms with van der Waals surface area (Å²) in [6.45, 7) is 3.68. The number of hydrogen-bond donors (Lipinski definition) is 4. The molecule has 0 bridgehead atoms. The van der Waals surface area contributed by atoms with Crippen LogP contribution in [-0.4, -0.2) is 45.1 Å². The van der Waals surface area contributed by atoms with Gasteiger partial charge < -0.3 is 15.4 Å². The molecule has 0 unspecified atom stereocenters. The molecule has 1 heterocycles. The third kappa shape index (κ3) is 11.1. The van der Waals surface area contributed by atoms with Crippen molar-refractivity contribution in [3.8, 4) is 0 Å². The van der Waals surface area contributed by atoms with Crippen LogP contribution in [0.2, 0.25) is 0 Å². The lowest BCUT2D eigenvalue weighted by atomic mass is 10.1. The van der Waals surface area contributed by atoms with E-state index in [4.69, 9.17) is 0 Å². The third-order valence-electron chi connectivity index (χ3n) is 4.61. The van der Waals surface area contributed by atoms with Gasteiger partial charge in [-0.15, -0.1) is 0 Å². The van der Waals surface area contributed by atoms with E-state index in [-0.39, 0.29) is 24.1 Å². The van der Waals surface area contributed by atoms with Crippen molar-refractivity contribution in [3.05, 3.63) is 38.2 Å². The van der Waals surface area contributed by atoms with Crippen molar-refractivity contribution in [3.63, 3.8) is 0 Å². The Morgan fingerprint density at radius 1 is 1.10 bits per heavy atom. The smallest absolute Gasteiger partial charge is 0.325 e. The number of carbonyl (C=O) groups is 1. The summed E-state index contributed by atoms with van der Waals surface area (Å²) in [5.41, 5.74) is -0.510. The molecule has 164 valence electrons. The highest BCUT2D eigenvalue weighted by molar-refractivity contribution is 7.99. The second-order valence-corrected chi connectivity index (χ2v) is 8.37. The maximum absolute atomic E-state index is 12.1. The lowest BCUT2D eigenvalue weighted by Crippen LogP contribution is -2.38. The second-order valence-electron chi connectivity index (χ2n) is 7.22. The Balaban J connectivity index is 2.27. The fourth-order valence-corrected chi connectivity index (χ4v) is 3.97. The van der Waals surface area contributed by atoms with E-state index in [0.717, 1.165) is 12.2 Å². The lowest BCUT2D eigenvalue weighted by Gasteiger charge is -2.14. The van der Waals surface area contributed by atoms with Crippen molar-refractivity contribution in [1.82, 2.24) is 15.3 Å². The number of aliphatic hydroxyl groups excluding tert-OH is 1. The van der Waals surface area contributed by atoms with Gasteiger partial charge in [-0.25, -0.2) is 4.79 Å². The van der Waals surface area contributed by atoms with E-state index in [1.807, 2.05) is 0 Å². The Labute approximate surface area is 176 Å². The van der Waals surface area contributed by atoms with Crippen molar-refractivity contribution in [1.29, 1.82) is 0 Å². The number of hydrogen-bond acceptors (Lipinski definition) is 5. The number of aryl methyl sites for hydroxylation is 1. The zero-order valence-corrected chi connectivity index (χ0v) is 18.4. The maximum Gasteiger partial charge on any atom is 0.325 e. The lowest BCUT2D eigenvalue weighted by molar-refractivity contribution is -0.117. The van der Waals surface area contributed by atoms with Crippen LogP contribution >= 0.6 is 11.8 Å². The zero-order valence-electron chi connectivity index (χ0n) is 17.6. The van der Waals surface area contributed by atoms with Gasteiger partial charge in [0.25, 0.3) is 5.56 Å². The summed E-state index contributed by atoms with van der Waals surface area (Å²) in [5, 5.41) is 12.2. The predicted octanol–water partition coefficient (Wildman–Crippen LogP) is 2.74. The SMILES string of the molecule is CCCCCCCCCCSC[C@@H](CO)NC(=O)C=Cc1c(C)[nH]c(=O)[nH]c1=O. The molecule has 29 heavy (non-hydrogen) atoms. The van der Waals surface area contributed by atoms with Crippen LogP contribution < -0.4 is 16.6 Å². The molecule has 0 aliphatic carbocycles. The van der Waals surface area contributed by atoms with Gasteiger partial charge in [0.05, 0.1) is 18.2 Å². The van der Waals surface area contributed by atoms with Gasteiger partial charge in [-0.3, -0.25) is 14.6 Å². The number of carbonyl (C=O) groups excluding carboxylic acids is 1. The van der Waals surface area contributed by atoms with E-state index in [0.29, 0.717) is 11.4 Å². The van der Waals surface area contributed by atoms with Gasteiger partial charge in [0.15, 0.2) is 0 Å². The molecule has 1 rings (SSSR count). The quantitative estimate of drug-likeness (QED) is 0.255. The van der Waals surface area contributed by atoms with Crippen LogP contribution in [0.25, 0.3) is 6.08 Å². The standard InChI is InChI=1S/C21H35N3O4S/c1-3-4-5-6-7-8-9-10-13-29-15-17(14-25)23-19(26)12-11-18-16(2)22-21(28)24-20(18)27/h11-12,17,25H,3-10,13-15H2,1-2H3,(H,23,26)(H2,22,24,27,28)/t17-/m1/s1. The minimum absolute atomic E-state index is 0.137. The molecule has 1 aromatic heterocycles. The second kappa shape index (κ2) is 15.1. The van der Waals surface area contributed by atoms with Crippen molar-refractivity contribution in [2.45, 2.75) is 71.3 Å². The number of aromatic amines is 2. The van der Waals surface area contributed by atoms with Crippen LogP contribution in [0.15, 0.2) is 15.7 Å². The number of thioether (sulfide) groups is 1. The fraction of sp³-hybridized carbons (Fsp3) is 0.667. The highest BCUT2D eigenvalue weighted by Crippen LogP contribution is 2.12. The first kappa shape index (κ1) is 25.2. The van der Waals surface area contributed by atoms with E-state index in [1.54, 1.807) is 18.7 Å². The van der Waals surface area contributed by atoms with Gasteiger partial charge in [-0.05, 0) is 25.2 Å². The molecule has 0 saturated carbocycles. The van der Waals surface area contributed by atoms with E-state index in [9.17, 15) is 19.5 Å². The largest absolute Gasteiger partial charge is 0.394 e. The summed E-state index contributed by atoms with van der Waals surface area (Å²) in [6.07, 6.45) is 12.8. The normalized spacial score (nSPS) is 12.4. The van der Waals surface area contributed by atoms with Gasteiger partial charge in [-0.1, -0.05) is 51.9 Å². The molecule has 8 heteroatoms. The summed E-state index contributed by atoms with van der Waals surface area (Å²) < 4.78 is 0. The summed E-state index contributed by atoms with van der Waals surface area (Å²) in [7, 11) is 0. The molecule has 0 aromatic carbocycles. The van der Waals surface area contributed by atoms with Crippen molar-refractivity contribution >= 4 is 23.7 Å². The van der Waals surface area contributed by atoms with E-state index < -0.39 is 11.2 Å². The Morgan fingerprint density at radius 2 is 1.76 bits per heavy atom. The number of amides is 1.